The van der Waals surface area contributed by atoms with Gasteiger partial charge >= 0.3 is 0 Å². The Morgan fingerprint density at radius 2 is 2.00 bits per heavy atom. The van der Waals surface area contributed by atoms with E-state index in [4.69, 9.17) is 4.74 Å². The summed E-state index contributed by atoms with van der Waals surface area (Å²) in [6, 6.07) is 15.2. The van der Waals surface area contributed by atoms with Crippen molar-refractivity contribution in [1.29, 1.82) is 0 Å². The molecule has 3 unspecified atom stereocenters. The lowest BCUT2D eigenvalue weighted by atomic mass is 9.95. The molecule has 1 aromatic carbocycles. The molecule has 3 aliphatic rings. The van der Waals surface area contributed by atoms with E-state index in [0.717, 1.165) is 52.7 Å². The van der Waals surface area contributed by atoms with Gasteiger partial charge < -0.3 is 20.5 Å². The minimum absolute atomic E-state index is 0.00895. The summed E-state index contributed by atoms with van der Waals surface area (Å²) >= 11 is 1.54. The molecule has 3 N–H and O–H groups in total. The zero-order chi connectivity index (χ0) is 24.6. The summed E-state index contributed by atoms with van der Waals surface area (Å²) in [5.74, 6) is 1.70. The molecule has 3 aliphatic heterocycles. The number of anilines is 1. The van der Waals surface area contributed by atoms with Crippen molar-refractivity contribution < 1.29 is 14.6 Å². The Morgan fingerprint density at radius 3 is 2.81 bits per heavy atom. The summed E-state index contributed by atoms with van der Waals surface area (Å²) in [5, 5.41) is 18.8. The van der Waals surface area contributed by atoms with Gasteiger partial charge in [-0.15, -0.1) is 11.8 Å². The third kappa shape index (κ3) is 4.68. The number of thioether (sulfide) groups is 1. The monoisotopic (exact) mass is 505 g/mol. The van der Waals surface area contributed by atoms with E-state index >= 15 is 0 Å². The fraction of sp³-hybridized carbons (Fsp3) is 0.444. The van der Waals surface area contributed by atoms with Crippen LogP contribution in [-0.4, -0.2) is 63.4 Å². The van der Waals surface area contributed by atoms with Crippen LogP contribution in [0.3, 0.4) is 0 Å². The summed E-state index contributed by atoms with van der Waals surface area (Å²) in [5.41, 5.74) is 2.61. The van der Waals surface area contributed by atoms with Gasteiger partial charge in [-0.1, -0.05) is 18.2 Å². The number of benzene rings is 1. The van der Waals surface area contributed by atoms with Gasteiger partial charge in [0.2, 0.25) is 11.8 Å². The van der Waals surface area contributed by atoms with Gasteiger partial charge in [-0.3, -0.25) is 9.69 Å². The van der Waals surface area contributed by atoms with Gasteiger partial charge in [-0.05, 0) is 43.9 Å². The van der Waals surface area contributed by atoms with E-state index in [1.165, 1.54) is 11.8 Å². The average molecular weight is 506 g/mol. The summed E-state index contributed by atoms with van der Waals surface area (Å²) in [6.45, 7) is 1.30. The summed E-state index contributed by atoms with van der Waals surface area (Å²) in [7, 11) is 1.61. The number of carbonyl (C=O) groups excluding carboxylic acids is 1. The molecule has 0 saturated carbocycles. The van der Waals surface area contributed by atoms with Gasteiger partial charge in [0.25, 0.3) is 0 Å². The number of pyridine rings is 2. The van der Waals surface area contributed by atoms with Crippen LogP contribution in [0.4, 0.5) is 5.82 Å². The molecule has 0 radical (unpaired) electrons. The summed E-state index contributed by atoms with van der Waals surface area (Å²) < 4.78 is 5.32. The molecule has 2 bridgehead atoms. The number of amides is 1. The second-order valence-electron chi connectivity index (χ2n) is 9.91. The highest BCUT2D eigenvalue weighted by Crippen LogP contribution is 2.38. The van der Waals surface area contributed by atoms with Crippen LogP contribution in [-0.2, 0) is 11.3 Å². The minimum atomic E-state index is -0.603. The van der Waals surface area contributed by atoms with Crippen molar-refractivity contribution in [2.75, 3.05) is 24.7 Å². The first-order valence-electron chi connectivity index (χ1n) is 12.6. The Hall–Kier alpha value is -2.72. The van der Waals surface area contributed by atoms with E-state index in [0.29, 0.717) is 48.7 Å². The van der Waals surface area contributed by atoms with E-state index in [2.05, 4.69) is 31.6 Å². The quantitative estimate of drug-likeness (QED) is 0.449. The van der Waals surface area contributed by atoms with E-state index in [1.54, 1.807) is 7.11 Å². The average Bonchev–Trinajstić information content (AvgIpc) is 3.12. The van der Waals surface area contributed by atoms with Crippen LogP contribution in [0.25, 0.3) is 10.9 Å². The third-order valence-corrected chi connectivity index (χ3v) is 8.71. The van der Waals surface area contributed by atoms with Crippen LogP contribution in [0.2, 0.25) is 0 Å². The Bertz CT molecular complexity index is 1270. The fourth-order valence-corrected chi connectivity index (χ4v) is 6.68. The van der Waals surface area contributed by atoms with Gasteiger partial charge in [-0.2, -0.15) is 0 Å². The number of para-hydroxylation sites is 1. The number of carbonyl (C=O) groups is 1. The van der Waals surface area contributed by atoms with Crippen LogP contribution < -0.4 is 15.4 Å². The SMILES string of the molecule is COc1ccc2cccc(C(O)CN3C4CCC3CC(NCc3ccc5c(n3)NC(=O)CS5)C4)c2n1. The van der Waals surface area contributed by atoms with Crippen LogP contribution in [0.15, 0.2) is 47.4 Å². The normalized spacial score (nSPS) is 24.4. The predicted octanol–water partition coefficient (Wildman–Crippen LogP) is 3.50. The number of aromatic nitrogens is 2. The molecule has 6 rings (SSSR count). The van der Waals surface area contributed by atoms with Crippen molar-refractivity contribution in [1.82, 2.24) is 20.2 Å². The van der Waals surface area contributed by atoms with Crippen molar-refractivity contribution in [3.63, 3.8) is 0 Å². The molecule has 5 heterocycles. The zero-order valence-electron chi connectivity index (χ0n) is 20.3. The standard InChI is InChI=1S/C27H31N5O3S/c1-35-25-10-5-16-3-2-4-21(26(16)31-25)22(33)14-32-19-7-8-20(32)12-18(11-19)28-13-17-6-9-23-27(29-17)30-24(34)15-36-23/h2-6,9-10,18-20,22,28,33H,7-8,11-15H2,1H3,(H,29,30,34). The molecule has 36 heavy (non-hydrogen) atoms. The van der Waals surface area contributed by atoms with Crippen molar-refractivity contribution in [2.45, 2.75) is 61.4 Å². The van der Waals surface area contributed by atoms with Gasteiger partial charge in [0, 0.05) is 48.2 Å². The van der Waals surface area contributed by atoms with E-state index < -0.39 is 6.10 Å². The van der Waals surface area contributed by atoms with Gasteiger partial charge in [0.05, 0.1) is 35.1 Å². The number of piperidine rings is 1. The number of aliphatic hydroxyl groups excluding tert-OH is 1. The van der Waals surface area contributed by atoms with Gasteiger partial charge in [0.15, 0.2) is 0 Å². The Morgan fingerprint density at radius 1 is 1.17 bits per heavy atom. The molecule has 9 heteroatoms. The number of rotatable bonds is 7. The molecular weight excluding hydrogens is 474 g/mol. The van der Waals surface area contributed by atoms with Crippen molar-refractivity contribution in [3.8, 4) is 5.88 Å². The highest BCUT2D eigenvalue weighted by molar-refractivity contribution is 8.00. The Kier molecular flexibility index (Phi) is 6.55. The molecule has 3 atom stereocenters. The maximum atomic E-state index is 11.7. The predicted molar refractivity (Wildman–Crippen MR) is 140 cm³/mol. The smallest absolute Gasteiger partial charge is 0.235 e. The van der Waals surface area contributed by atoms with Crippen LogP contribution in [0.5, 0.6) is 5.88 Å². The van der Waals surface area contributed by atoms with Crippen molar-refractivity contribution in [3.05, 3.63) is 53.7 Å². The first-order valence-corrected chi connectivity index (χ1v) is 13.6. The topological polar surface area (TPSA) is 99.6 Å². The highest BCUT2D eigenvalue weighted by atomic mass is 32.2. The number of fused-ring (bicyclic) bond motifs is 4. The molecule has 0 spiro atoms. The molecule has 0 aliphatic carbocycles. The lowest BCUT2D eigenvalue weighted by Crippen LogP contribution is -2.50. The number of hydrogen-bond acceptors (Lipinski definition) is 8. The number of hydrogen-bond donors (Lipinski definition) is 3. The lowest BCUT2D eigenvalue weighted by Gasteiger charge is -2.40. The molecular formula is C27H31N5O3S. The maximum absolute atomic E-state index is 11.7. The first kappa shape index (κ1) is 23.7. The lowest BCUT2D eigenvalue weighted by molar-refractivity contribution is -0.113. The molecule has 3 aromatic rings. The highest BCUT2D eigenvalue weighted by Gasteiger charge is 2.41. The summed E-state index contributed by atoms with van der Waals surface area (Å²) in [4.78, 5) is 24.5. The largest absolute Gasteiger partial charge is 0.481 e. The number of methoxy groups -OCH3 is 1. The fourth-order valence-electron chi connectivity index (χ4n) is 5.92. The molecule has 2 fully saturated rings. The van der Waals surface area contributed by atoms with E-state index in [9.17, 15) is 9.90 Å². The van der Waals surface area contributed by atoms with Crippen LogP contribution in [0.1, 0.15) is 43.0 Å². The van der Waals surface area contributed by atoms with Crippen molar-refractivity contribution in [2.24, 2.45) is 0 Å². The summed E-state index contributed by atoms with van der Waals surface area (Å²) in [6.07, 6.45) is 3.84. The second kappa shape index (κ2) is 9.97. The van der Waals surface area contributed by atoms with Gasteiger partial charge in [-0.25, -0.2) is 9.97 Å². The molecule has 188 valence electrons. The number of nitrogens with zero attached hydrogens (tertiary/aromatic N) is 3. The Labute approximate surface area is 214 Å². The van der Waals surface area contributed by atoms with E-state index in [-0.39, 0.29) is 5.91 Å². The molecule has 1 amide bonds. The number of ether oxygens (including phenoxy) is 1. The van der Waals surface area contributed by atoms with E-state index in [1.807, 2.05) is 36.4 Å². The maximum Gasteiger partial charge on any atom is 0.235 e. The van der Waals surface area contributed by atoms with Crippen LogP contribution in [0, 0.1) is 0 Å². The first-order chi connectivity index (χ1) is 17.6. The molecule has 8 nitrogen and oxygen atoms in total. The number of nitrogens with one attached hydrogen (secondary N) is 2. The Balaban J connectivity index is 1.09. The number of aliphatic hydroxyl groups is 1. The van der Waals surface area contributed by atoms with Gasteiger partial charge in [0.1, 0.15) is 5.82 Å². The molecule has 2 aromatic heterocycles. The molecule has 2 saturated heterocycles. The third-order valence-electron chi connectivity index (χ3n) is 7.67. The van der Waals surface area contributed by atoms with Crippen molar-refractivity contribution >= 4 is 34.4 Å². The van der Waals surface area contributed by atoms with Crippen LogP contribution >= 0.6 is 11.8 Å². The zero-order valence-corrected chi connectivity index (χ0v) is 21.1. The minimum Gasteiger partial charge on any atom is -0.481 e. The second-order valence-corrected chi connectivity index (χ2v) is 10.9.